The number of carbonyl (C=O) groups excluding carboxylic acids is 1. The summed E-state index contributed by atoms with van der Waals surface area (Å²) in [6, 6.07) is 11.7. The molecule has 0 aliphatic heterocycles. The Kier molecular flexibility index (Phi) is 7.37. The summed E-state index contributed by atoms with van der Waals surface area (Å²) < 4.78 is 10.7. The van der Waals surface area contributed by atoms with Crippen molar-refractivity contribution in [3.05, 3.63) is 63.8 Å². The number of para-hydroxylation sites is 1. The smallest absolute Gasteiger partial charge is 0.268 e. The molecule has 0 saturated heterocycles. The number of ether oxygens (including phenoxy) is 2. The van der Waals surface area contributed by atoms with E-state index in [1.54, 1.807) is 0 Å². The number of aliphatic hydroxyl groups excluding tert-OH is 1. The molecule has 1 amide bonds. The number of hydrogen-bond acceptors (Lipinski definition) is 4. The number of H-pyrrole nitrogens is 1. The van der Waals surface area contributed by atoms with Crippen LogP contribution in [0, 0.1) is 13.8 Å². The molecule has 1 heterocycles. The number of carbonyl (C=O) groups is 1. The summed E-state index contributed by atoms with van der Waals surface area (Å²) in [4.78, 5) is 15.9. The van der Waals surface area contributed by atoms with Gasteiger partial charge in [-0.1, -0.05) is 29.8 Å². The lowest BCUT2D eigenvalue weighted by atomic mass is 10.1. The van der Waals surface area contributed by atoms with Gasteiger partial charge in [-0.3, -0.25) is 4.79 Å². The maximum absolute atomic E-state index is 12.7. The van der Waals surface area contributed by atoms with Gasteiger partial charge in [0.1, 0.15) is 11.4 Å². The SMILES string of the molecule is COC(O)CNC(=O)c1[nH]c2ccccc2c1CCCOc1cc(C)c(Cl)c(C)c1. The number of fused-ring (bicyclic) bond motifs is 1. The zero-order chi connectivity index (χ0) is 21.7. The van der Waals surface area contributed by atoms with Gasteiger partial charge < -0.3 is 24.9 Å². The van der Waals surface area contributed by atoms with E-state index < -0.39 is 6.29 Å². The van der Waals surface area contributed by atoms with Gasteiger partial charge in [0.05, 0.1) is 13.2 Å². The van der Waals surface area contributed by atoms with Gasteiger partial charge in [-0.25, -0.2) is 0 Å². The molecule has 0 spiro atoms. The second-order valence-corrected chi connectivity index (χ2v) is 7.63. The Bertz CT molecular complexity index is 1010. The van der Waals surface area contributed by atoms with Gasteiger partial charge >= 0.3 is 0 Å². The van der Waals surface area contributed by atoms with Crippen LogP contribution in [0.15, 0.2) is 36.4 Å². The molecule has 7 heteroatoms. The number of halogens is 1. The number of aliphatic hydroxyl groups is 1. The highest BCUT2D eigenvalue weighted by Gasteiger charge is 2.18. The minimum absolute atomic E-state index is 0.0164. The minimum atomic E-state index is -1.04. The maximum Gasteiger partial charge on any atom is 0.268 e. The number of nitrogens with one attached hydrogen (secondary N) is 2. The van der Waals surface area contributed by atoms with Gasteiger partial charge in [-0.05, 0) is 61.6 Å². The van der Waals surface area contributed by atoms with E-state index in [2.05, 4.69) is 10.3 Å². The molecule has 0 bridgehead atoms. The Morgan fingerprint density at radius 2 is 1.93 bits per heavy atom. The molecule has 0 saturated carbocycles. The van der Waals surface area contributed by atoms with Gasteiger partial charge in [0.15, 0.2) is 6.29 Å². The molecule has 1 unspecified atom stereocenters. The highest BCUT2D eigenvalue weighted by Crippen LogP contribution is 2.27. The van der Waals surface area contributed by atoms with E-state index >= 15 is 0 Å². The standard InChI is InChI=1S/C23H27ClN2O4/c1-14-11-16(12-15(2)21(14)24)30-10-6-8-18-17-7-4-5-9-19(17)26-22(18)23(28)25-13-20(27)29-3/h4-5,7,9,11-12,20,26-27H,6,8,10,13H2,1-3H3,(H,25,28). The maximum atomic E-state index is 12.7. The first-order valence-corrected chi connectivity index (χ1v) is 10.3. The second-order valence-electron chi connectivity index (χ2n) is 7.25. The fraction of sp³-hybridized carbons (Fsp3) is 0.348. The van der Waals surface area contributed by atoms with E-state index in [0.29, 0.717) is 18.7 Å². The van der Waals surface area contributed by atoms with E-state index in [4.69, 9.17) is 21.1 Å². The first-order chi connectivity index (χ1) is 14.4. The summed E-state index contributed by atoms with van der Waals surface area (Å²) in [6.45, 7) is 4.45. The molecule has 6 nitrogen and oxygen atoms in total. The van der Waals surface area contributed by atoms with Crippen molar-refractivity contribution in [2.24, 2.45) is 0 Å². The number of amides is 1. The number of methoxy groups -OCH3 is 1. The number of aryl methyl sites for hydroxylation is 3. The number of aromatic amines is 1. The number of hydrogen-bond donors (Lipinski definition) is 3. The van der Waals surface area contributed by atoms with Gasteiger partial charge in [0.25, 0.3) is 5.91 Å². The molecule has 3 rings (SSSR count). The van der Waals surface area contributed by atoms with Crippen molar-refractivity contribution in [2.75, 3.05) is 20.3 Å². The summed E-state index contributed by atoms with van der Waals surface area (Å²) >= 11 is 6.22. The van der Waals surface area contributed by atoms with Crippen LogP contribution in [0.5, 0.6) is 5.75 Å². The van der Waals surface area contributed by atoms with E-state index in [-0.39, 0.29) is 12.5 Å². The molecule has 1 atom stereocenters. The topological polar surface area (TPSA) is 83.6 Å². The number of rotatable bonds is 9. The molecule has 3 N–H and O–H groups in total. The Morgan fingerprint density at radius 1 is 1.23 bits per heavy atom. The highest BCUT2D eigenvalue weighted by atomic mass is 35.5. The lowest BCUT2D eigenvalue weighted by Gasteiger charge is -2.11. The summed E-state index contributed by atoms with van der Waals surface area (Å²) in [6.07, 6.45) is 0.371. The van der Waals surface area contributed by atoms with Gasteiger partial charge in [0.2, 0.25) is 0 Å². The van der Waals surface area contributed by atoms with Crippen molar-refractivity contribution in [3.63, 3.8) is 0 Å². The number of aromatic nitrogens is 1. The van der Waals surface area contributed by atoms with Crippen LogP contribution < -0.4 is 10.1 Å². The fourth-order valence-electron chi connectivity index (χ4n) is 3.43. The molecule has 160 valence electrons. The highest BCUT2D eigenvalue weighted by molar-refractivity contribution is 6.32. The summed E-state index contributed by atoms with van der Waals surface area (Å²) in [5, 5.41) is 14.0. The van der Waals surface area contributed by atoms with Crippen LogP contribution in [0.2, 0.25) is 5.02 Å². The quantitative estimate of drug-likeness (QED) is 0.352. The van der Waals surface area contributed by atoms with Crippen LogP contribution in [-0.2, 0) is 11.2 Å². The minimum Gasteiger partial charge on any atom is -0.494 e. The van der Waals surface area contributed by atoms with Crippen molar-refractivity contribution in [1.29, 1.82) is 0 Å². The molecule has 2 aromatic carbocycles. The Balaban J connectivity index is 1.69. The van der Waals surface area contributed by atoms with Gasteiger partial charge in [-0.2, -0.15) is 0 Å². The average Bonchev–Trinajstić information content (AvgIpc) is 3.11. The first-order valence-electron chi connectivity index (χ1n) is 9.89. The van der Waals surface area contributed by atoms with Crippen LogP contribution in [0.1, 0.15) is 33.6 Å². The summed E-state index contributed by atoms with van der Waals surface area (Å²) in [5.41, 5.74) is 4.30. The summed E-state index contributed by atoms with van der Waals surface area (Å²) in [7, 11) is 1.38. The predicted molar refractivity (Wildman–Crippen MR) is 118 cm³/mol. The van der Waals surface area contributed by atoms with Crippen LogP contribution in [0.4, 0.5) is 0 Å². The molecule has 3 aromatic rings. The predicted octanol–water partition coefficient (Wildman–Crippen LogP) is 4.14. The van der Waals surface area contributed by atoms with Crippen molar-refractivity contribution in [1.82, 2.24) is 10.3 Å². The fourth-order valence-corrected chi connectivity index (χ4v) is 3.54. The van der Waals surface area contributed by atoms with E-state index in [9.17, 15) is 9.90 Å². The first kappa shape index (κ1) is 22.2. The van der Waals surface area contributed by atoms with E-state index in [1.807, 2.05) is 50.2 Å². The van der Waals surface area contributed by atoms with Crippen molar-refractivity contribution in [2.45, 2.75) is 33.0 Å². The molecular weight excluding hydrogens is 404 g/mol. The Labute approximate surface area is 181 Å². The van der Waals surface area contributed by atoms with E-state index in [1.165, 1.54) is 7.11 Å². The van der Waals surface area contributed by atoms with E-state index in [0.717, 1.165) is 44.8 Å². The third-order valence-electron chi connectivity index (χ3n) is 5.00. The Morgan fingerprint density at radius 3 is 2.63 bits per heavy atom. The average molecular weight is 431 g/mol. The lowest BCUT2D eigenvalue weighted by molar-refractivity contribution is -0.0694. The summed E-state index contributed by atoms with van der Waals surface area (Å²) in [5.74, 6) is 0.516. The monoisotopic (exact) mass is 430 g/mol. The van der Waals surface area contributed by atoms with Crippen LogP contribution in [0.3, 0.4) is 0 Å². The van der Waals surface area contributed by atoms with Gasteiger partial charge in [0, 0.05) is 23.0 Å². The molecule has 0 aliphatic carbocycles. The molecular formula is C23H27ClN2O4. The zero-order valence-corrected chi connectivity index (χ0v) is 18.2. The van der Waals surface area contributed by atoms with Crippen molar-refractivity contribution >= 4 is 28.4 Å². The second kappa shape index (κ2) is 9.98. The normalized spacial score (nSPS) is 12.2. The van der Waals surface area contributed by atoms with Crippen LogP contribution in [0.25, 0.3) is 10.9 Å². The van der Waals surface area contributed by atoms with Crippen molar-refractivity contribution < 1.29 is 19.4 Å². The molecule has 1 aromatic heterocycles. The third kappa shape index (κ3) is 5.14. The molecule has 0 radical (unpaired) electrons. The molecule has 0 fully saturated rings. The lowest BCUT2D eigenvalue weighted by Crippen LogP contribution is -2.33. The molecule has 30 heavy (non-hydrogen) atoms. The van der Waals surface area contributed by atoms with Gasteiger partial charge in [-0.15, -0.1) is 0 Å². The Hall–Kier alpha value is -2.54. The largest absolute Gasteiger partial charge is 0.494 e. The molecule has 0 aliphatic rings. The van der Waals surface area contributed by atoms with Crippen LogP contribution >= 0.6 is 11.6 Å². The van der Waals surface area contributed by atoms with Crippen LogP contribution in [-0.4, -0.2) is 42.5 Å². The van der Waals surface area contributed by atoms with Crippen molar-refractivity contribution in [3.8, 4) is 5.75 Å². The number of benzene rings is 2. The third-order valence-corrected chi connectivity index (χ3v) is 5.60. The zero-order valence-electron chi connectivity index (χ0n) is 17.4.